The summed E-state index contributed by atoms with van der Waals surface area (Å²) in [7, 11) is 0. The van der Waals surface area contributed by atoms with E-state index in [1.807, 2.05) is 30.3 Å². The molecular weight excluding hydrogens is 400 g/mol. The van der Waals surface area contributed by atoms with Crippen LogP contribution in [-0.2, 0) is 4.79 Å². The summed E-state index contributed by atoms with van der Waals surface area (Å²) < 4.78 is 5.83. The lowest BCUT2D eigenvalue weighted by molar-refractivity contribution is -0.384. The lowest BCUT2D eigenvalue weighted by Gasteiger charge is -2.15. The smallest absolute Gasteiger partial charge is 0.271 e. The van der Waals surface area contributed by atoms with E-state index in [-0.39, 0.29) is 31.3 Å². The number of benzene rings is 3. The summed E-state index contributed by atoms with van der Waals surface area (Å²) in [6.45, 7) is 0.0344. The van der Waals surface area contributed by atoms with Crippen molar-refractivity contribution in [2.45, 2.75) is 0 Å². The summed E-state index contributed by atoms with van der Waals surface area (Å²) in [6.07, 6.45) is 0. The molecule has 3 rings (SSSR count). The van der Waals surface area contributed by atoms with Crippen molar-refractivity contribution < 1.29 is 19.6 Å². The van der Waals surface area contributed by atoms with E-state index in [1.165, 1.54) is 18.2 Å². The van der Waals surface area contributed by atoms with Crippen molar-refractivity contribution in [3.05, 3.63) is 82.9 Å². The van der Waals surface area contributed by atoms with E-state index >= 15 is 0 Å². The van der Waals surface area contributed by atoms with Crippen molar-refractivity contribution in [2.75, 3.05) is 35.6 Å². The second kappa shape index (κ2) is 10.6. The Morgan fingerprint density at radius 2 is 1.68 bits per heavy atom. The summed E-state index contributed by atoms with van der Waals surface area (Å²) in [5.41, 5.74) is 1.31. The molecule has 0 saturated carbocycles. The maximum Gasteiger partial charge on any atom is 0.271 e. The molecule has 0 saturated heterocycles. The molecule has 160 valence electrons. The first-order valence-electron chi connectivity index (χ1n) is 9.55. The van der Waals surface area contributed by atoms with Gasteiger partial charge in [0.2, 0.25) is 5.91 Å². The van der Waals surface area contributed by atoms with Gasteiger partial charge in [0.05, 0.1) is 35.1 Å². The number of hydrogen-bond acceptors (Lipinski definition) is 7. The van der Waals surface area contributed by atoms with Gasteiger partial charge in [0.25, 0.3) is 5.69 Å². The van der Waals surface area contributed by atoms with Gasteiger partial charge in [-0.05, 0) is 30.3 Å². The molecule has 0 radical (unpaired) electrons. The molecule has 31 heavy (non-hydrogen) atoms. The van der Waals surface area contributed by atoms with Crippen LogP contribution >= 0.6 is 0 Å². The number of ether oxygens (including phenoxy) is 1. The fourth-order valence-corrected chi connectivity index (χ4v) is 2.78. The van der Waals surface area contributed by atoms with Crippen LogP contribution in [0.2, 0.25) is 0 Å². The SMILES string of the molecule is O=C(CNc1cc([N+](=O)[O-])ccc1NCCO)Nc1ccccc1Oc1ccccc1. The lowest BCUT2D eigenvalue weighted by Crippen LogP contribution is -2.22. The van der Waals surface area contributed by atoms with Crippen LogP contribution in [0.5, 0.6) is 11.5 Å². The maximum absolute atomic E-state index is 12.5. The van der Waals surface area contributed by atoms with Gasteiger partial charge >= 0.3 is 0 Å². The number of carbonyl (C=O) groups excluding carboxylic acids is 1. The number of nitro benzene ring substituents is 1. The average molecular weight is 422 g/mol. The number of carbonyl (C=O) groups is 1. The van der Waals surface area contributed by atoms with E-state index in [4.69, 9.17) is 9.84 Å². The fourth-order valence-electron chi connectivity index (χ4n) is 2.78. The number of hydrogen-bond donors (Lipinski definition) is 4. The summed E-state index contributed by atoms with van der Waals surface area (Å²) in [6, 6.07) is 20.4. The van der Waals surface area contributed by atoms with Gasteiger partial charge in [-0.1, -0.05) is 30.3 Å². The number of rotatable bonds is 10. The van der Waals surface area contributed by atoms with E-state index in [0.717, 1.165) is 0 Å². The maximum atomic E-state index is 12.5. The third-order valence-electron chi connectivity index (χ3n) is 4.21. The third-order valence-corrected chi connectivity index (χ3v) is 4.21. The second-order valence-electron chi connectivity index (χ2n) is 6.45. The first kappa shape index (κ1) is 21.6. The third kappa shape index (κ3) is 6.18. The monoisotopic (exact) mass is 422 g/mol. The molecule has 9 nitrogen and oxygen atoms in total. The largest absolute Gasteiger partial charge is 0.455 e. The van der Waals surface area contributed by atoms with Crippen LogP contribution in [0, 0.1) is 10.1 Å². The van der Waals surface area contributed by atoms with Crippen LogP contribution in [0.4, 0.5) is 22.7 Å². The lowest BCUT2D eigenvalue weighted by atomic mass is 10.2. The molecule has 0 unspecified atom stereocenters. The highest BCUT2D eigenvalue weighted by Gasteiger charge is 2.13. The topological polar surface area (TPSA) is 126 Å². The van der Waals surface area contributed by atoms with Crippen LogP contribution in [0.15, 0.2) is 72.8 Å². The Kier molecular flexibility index (Phi) is 7.39. The molecule has 0 aliphatic rings. The number of amides is 1. The van der Waals surface area contributed by atoms with Gasteiger partial charge in [-0.2, -0.15) is 0 Å². The average Bonchev–Trinajstić information content (AvgIpc) is 2.78. The Bertz CT molecular complexity index is 1040. The molecule has 4 N–H and O–H groups in total. The van der Waals surface area contributed by atoms with Crippen LogP contribution in [0.1, 0.15) is 0 Å². The minimum Gasteiger partial charge on any atom is -0.455 e. The Morgan fingerprint density at radius 3 is 2.42 bits per heavy atom. The molecule has 0 bridgehead atoms. The highest BCUT2D eigenvalue weighted by molar-refractivity contribution is 5.95. The van der Waals surface area contributed by atoms with Gasteiger partial charge in [-0.25, -0.2) is 0 Å². The van der Waals surface area contributed by atoms with Gasteiger partial charge in [-0.15, -0.1) is 0 Å². The molecule has 0 fully saturated rings. The number of aliphatic hydroxyl groups excluding tert-OH is 1. The number of anilines is 3. The van der Waals surface area contributed by atoms with E-state index in [1.54, 1.807) is 24.3 Å². The summed E-state index contributed by atoms with van der Waals surface area (Å²) in [4.78, 5) is 23.1. The summed E-state index contributed by atoms with van der Waals surface area (Å²) >= 11 is 0. The first-order valence-corrected chi connectivity index (χ1v) is 9.55. The van der Waals surface area contributed by atoms with Gasteiger partial charge in [0.1, 0.15) is 5.75 Å². The van der Waals surface area contributed by atoms with Crippen molar-refractivity contribution in [1.82, 2.24) is 0 Å². The van der Waals surface area contributed by atoms with E-state index in [2.05, 4.69) is 16.0 Å². The molecule has 9 heteroatoms. The van der Waals surface area contributed by atoms with Crippen molar-refractivity contribution in [2.24, 2.45) is 0 Å². The standard InChI is InChI=1S/C22H22N4O5/c27-13-12-23-18-11-10-16(26(29)30)14-20(18)24-15-22(28)25-19-8-4-5-9-21(19)31-17-6-2-1-3-7-17/h1-11,14,23-24,27H,12-13,15H2,(H,25,28). The van der Waals surface area contributed by atoms with E-state index < -0.39 is 4.92 Å². The van der Waals surface area contributed by atoms with E-state index in [0.29, 0.717) is 28.6 Å². The highest BCUT2D eigenvalue weighted by Crippen LogP contribution is 2.29. The zero-order chi connectivity index (χ0) is 22.1. The quantitative estimate of drug-likeness (QED) is 0.289. The highest BCUT2D eigenvalue weighted by atomic mass is 16.6. The number of nitrogens with one attached hydrogen (secondary N) is 3. The van der Waals surface area contributed by atoms with Gasteiger partial charge in [0.15, 0.2) is 5.75 Å². The van der Waals surface area contributed by atoms with Gasteiger partial charge in [0, 0.05) is 18.7 Å². The Labute approximate surface area is 178 Å². The second-order valence-corrected chi connectivity index (χ2v) is 6.45. The van der Waals surface area contributed by atoms with Crippen molar-refractivity contribution >= 4 is 28.7 Å². The Morgan fingerprint density at radius 1 is 0.935 bits per heavy atom. The normalized spacial score (nSPS) is 10.2. The minimum atomic E-state index is -0.516. The summed E-state index contributed by atoms with van der Waals surface area (Å²) in [5, 5.41) is 28.7. The fraction of sp³-hybridized carbons (Fsp3) is 0.136. The van der Waals surface area contributed by atoms with Crippen LogP contribution in [0.25, 0.3) is 0 Å². The summed E-state index contributed by atoms with van der Waals surface area (Å²) in [5.74, 6) is 0.768. The molecule has 3 aromatic rings. The zero-order valence-electron chi connectivity index (χ0n) is 16.6. The minimum absolute atomic E-state index is 0.102. The Balaban J connectivity index is 1.68. The van der Waals surface area contributed by atoms with Crippen LogP contribution < -0.4 is 20.7 Å². The molecular formula is C22H22N4O5. The molecule has 0 aliphatic carbocycles. The number of aliphatic hydroxyl groups is 1. The predicted molar refractivity (Wildman–Crippen MR) is 119 cm³/mol. The number of non-ortho nitro benzene ring substituents is 1. The van der Waals surface area contributed by atoms with Crippen LogP contribution in [-0.4, -0.2) is 35.6 Å². The van der Waals surface area contributed by atoms with E-state index in [9.17, 15) is 14.9 Å². The molecule has 0 spiro atoms. The molecule has 0 atom stereocenters. The first-order chi connectivity index (χ1) is 15.1. The number of para-hydroxylation sites is 3. The van der Waals surface area contributed by atoms with Gasteiger partial charge < -0.3 is 25.8 Å². The predicted octanol–water partition coefficient (Wildman–Crippen LogP) is 3.84. The molecule has 3 aromatic carbocycles. The Hall–Kier alpha value is -4.11. The number of nitro groups is 1. The molecule has 0 aliphatic heterocycles. The van der Waals surface area contributed by atoms with Crippen molar-refractivity contribution in [3.8, 4) is 11.5 Å². The van der Waals surface area contributed by atoms with Gasteiger partial charge in [-0.3, -0.25) is 14.9 Å². The molecule has 1 amide bonds. The van der Waals surface area contributed by atoms with Crippen LogP contribution in [0.3, 0.4) is 0 Å². The zero-order valence-corrected chi connectivity index (χ0v) is 16.6. The van der Waals surface area contributed by atoms with Crippen molar-refractivity contribution in [3.63, 3.8) is 0 Å². The molecule has 0 aromatic heterocycles. The number of nitrogens with zero attached hydrogens (tertiary/aromatic N) is 1. The van der Waals surface area contributed by atoms with Crippen molar-refractivity contribution in [1.29, 1.82) is 0 Å². The molecule has 0 heterocycles.